The Labute approximate surface area is 126 Å². The van der Waals surface area contributed by atoms with Crippen molar-refractivity contribution >= 4 is 17.5 Å². The van der Waals surface area contributed by atoms with E-state index in [1.54, 1.807) is 0 Å². The molecule has 0 radical (unpaired) electrons. The molecule has 0 atom stereocenters. The minimum absolute atomic E-state index is 0.0820. The highest BCUT2D eigenvalue weighted by Gasteiger charge is 2.02. The summed E-state index contributed by atoms with van der Waals surface area (Å²) >= 11 is 5.90. The lowest BCUT2D eigenvalue weighted by Gasteiger charge is -2.06. The van der Waals surface area contributed by atoms with E-state index in [1.165, 1.54) is 0 Å². The number of ether oxygens (including phenoxy) is 1. The van der Waals surface area contributed by atoms with Crippen LogP contribution in [0.4, 0.5) is 0 Å². The number of carbonyl (C=O) groups excluding carboxylic acids is 1. The minimum atomic E-state index is 0.0820. The molecule has 1 amide bonds. The van der Waals surface area contributed by atoms with Crippen LogP contribution in [0.1, 0.15) is 38.2 Å². The third-order valence-electron chi connectivity index (χ3n) is 2.96. The van der Waals surface area contributed by atoms with Crippen LogP contribution in [0.5, 0.6) is 0 Å². The molecule has 0 unspecified atom stereocenters. The van der Waals surface area contributed by atoms with E-state index in [-0.39, 0.29) is 5.91 Å². The van der Waals surface area contributed by atoms with Crippen LogP contribution in [0, 0.1) is 0 Å². The third kappa shape index (κ3) is 8.18. The first-order chi connectivity index (χ1) is 9.72. The summed E-state index contributed by atoms with van der Waals surface area (Å²) in [6.07, 6.45) is 4.34. The number of nitrogens with one attached hydrogen (secondary N) is 1. The molecule has 20 heavy (non-hydrogen) atoms. The first kappa shape index (κ1) is 17.0. The molecule has 0 aliphatic carbocycles. The van der Waals surface area contributed by atoms with Gasteiger partial charge in [-0.15, -0.1) is 0 Å². The van der Waals surface area contributed by atoms with Crippen molar-refractivity contribution in [2.45, 2.75) is 39.0 Å². The molecule has 3 nitrogen and oxygen atoms in total. The number of benzene rings is 1. The van der Waals surface area contributed by atoms with Gasteiger partial charge >= 0.3 is 0 Å². The molecule has 4 heteroatoms. The highest BCUT2D eigenvalue weighted by atomic mass is 35.5. The van der Waals surface area contributed by atoms with Crippen molar-refractivity contribution in [3.8, 4) is 0 Å². The van der Waals surface area contributed by atoms with Gasteiger partial charge in [0.2, 0.25) is 5.91 Å². The molecule has 0 saturated carbocycles. The van der Waals surface area contributed by atoms with Crippen LogP contribution >= 0.6 is 11.6 Å². The summed E-state index contributed by atoms with van der Waals surface area (Å²) in [4.78, 5) is 11.7. The van der Waals surface area contributed by atoms with Crippen LogP contribution in [-0.2, 0) is 16.0 Å². The van der Waals surface area contributed by atoms with Crippen LogP contribution in [0.2, 0.25) is 5.02 Å². The van der Waals surface area contributed by atoms with Crippen molar-refractivity contribution < 1.29 is 9.53 Å². The maximum atomic E-state index is 11.7. The molecule has 112 valence electrons. The Morgan fingerprint density at radius 2 is 2.10 bits per heavy atom. The van der Waals surface area contributed by atoms with Gasteiger partial charge in [-0.05, 0) is 37.0 Å². The van der Waals surface area contributed by atoms with Gasteiger partial charge in [0, 0.05) is 31.2 Å². The molecule has 1 rings (SSSR count). The van der Waals surface area contributed by atoms with Gasteiger partial charge in [-0.25, -0.2) is 0 Å². The molecule has 0 aromatic heterocycles. The fourth-order valence-corrected chi connectivity index (χ4v) is 2.00. The predicted octanol–water partition coefficient (Wildman–Crippen LogP) is 3.60. The van der Waals surface area contributed by atoms with Gasteiger partial charge in [0.05, 0.1) is 0 Å². The number of hydrogen-bond donors (Lipinski definition) is 1. The van der Waals surface area contributed by atoms with Gasteiger partial charge in [0.1, 0.15) is 0 Å². The second-order valence-corrected chi connectivity index (χ2v) is 5.24. The first-order valence-electron chi connectivity index (χ1n) is 7.31. The molecular weight excluding hydrogens is 274 g/mol. The Morgan fingerprint density at radius 3 is 2.85 bits per heavy atom. The topological polar surface area (TPSA) is 38.3 Å². The van der Waals surface area contributed by atoms with Crippen molar-refractivity contribution in [1.29, 1.82) is 0 Å². The number of halogens is 1. The molecule has 0 heterocycles. The molecule has 0 fully saturated rings. The number of carbonyl (C=O) groups is 1. The number of hydrogen-bond acceptors (Lipinski definition) is 2. The SMILES string of the molecule is CCCCOCCCNC(=O)CCc1cccc(Cl)c1. The van der Waals surface area contributed by atoms with Crippen molar-refractivity contribution in [3.63, 3.8) is 0 Å². The summed E-state index contributed by atoms with van der Waals surface area (Å²) in [5.41, 5.74) is 1.09. The molecule has 0 saturated heterocycles. The van der Waals surface area contributed by atoms with Crippen LogP contribution in [0.15, 0.2) is 24.3 Å². The van der Waals surface area contributed by atoms with Crippen LogP contribution in [0.3, 0.4) is 0 Å². The standard InChI is InChI=1S/C16H24ClNO2/c1-2-3-11-20-12-5-10-18-16(19)9-8-14-6-4-7-15(17)13-14/h4,6-7,13H,2-3,5,8-12H2,1H3,(H,18,19). The summed E-state index contributed by atoms with van der Waals surface area (Å²) < 4.78 is 5.43. The summed E-state index contributed by atoms with van der Waals surface area (Å²) in [5, 5.41) is 3.62. The molecular formula is C16H24ClNO2. The Kier molecular flexibility index (Phi) is 9.09. The van der Waals surface area contributed by atoms with Crippen molar-refractivity contribution in [3.05, 3.63) is 34.9 Å². The number of unbranched alkanes of at least 4 members (excludes halogenated alkanes) is 1. The monoisotopic (exact) mass is 297 g/mol. The molecule has 0 aliphatic rings. The smallest absolute Gasteiger partial charge is 0.220 e. The zero-order chi connectivity index (χ0) is 14.6. The van der Waals surface area contributed by atoms with Gasteiger partial charge in [-0.1, -0.05) is 37.1 Å². The number of amides is 1. The van der Waals surface area contributed by atoms with Gasteiger partial charge in [0.15, 0.2) is 0 Å². The summed E-state index contributed by atoms with van der Waals surface area (Å²) in [6.45, 7) is 4.36. The van der Waals surface area contributed by atoms with Gasteiger partial charge in [-0.3, -0.25) is 4.79 Å². The first-order valence-corrected chi connectivity index (χ1v) is 7.69. The van der Waals surface area contributed by atoms with E-state index in [9.17, 15) is 4.79 Å². The van der Waals surface area contributed by atoms with Crippen molar-refractivity contribution in [2.24, 2.45) is 0 Å². The van der Waals surface area contributed by atoms with Crippen LogP contribution < -0.4 is 5.32 Å². The fourth-order valence-electron chi connectivity index (χ4n) is 1.79. The van der Waals surface area contributed by atoms with Gasteiger partial charge in [0.25, 0.3) is 0 Å². The van der Waals surface area contributed by atoms with E-state index < -0.39 is 0 Å². The predicted molar refractivity (Wildman–Crippen MR) is 83.1 cm³/mol. The summed E-state index contributed by atoms with van der Waals surface area (Å²) in [7, 11) is 0. The molecule has 0 spiro atoms. The second kappa shape index (κ2) is 10.7. The van der Waals surface area contributed by atoms with E-state index in [4.69, 9.17) is 16.3 Å². The lowest BCUT2D eigenvalue weighted by molar-refractivity contribution is -0.121. The lowest BCUT2D eigenvalue weighted by Crippen LogP contribution is -2.25. The van der Waals surface area contributed by atoms with Crippen LogP contribution in [-0.4, -0.2) is 25.7 Å². The van der Waals surface area contributed by atoms with Gasteiger partial charge in [-0.2, -0.15) is 0 Å². The Bertz CT molecular complexity index is 396. The average molecular weight is 298 g/mol. The second-order valence-electron chi connectivity index (χ2n) is 4.80. The molecule has 1 aromatic carbocycles. The highest BCUT2D eigenvalue weighted by molar-refractivity contribution is 6.30. The van der Waals surface area contributed by atoms with Crippen molar-refractivity contribution in [1.82, 2.24) is 5.32 Å². The largest absolute Gasteiger partial charge is 0.381 e. The third-order valence-corrected chi connectivity index (χ3v) is 3.19. The molecule has 1 aromatic rings. The quantitative estimate of drug-likeness (QED) is 0.670. The van der Waals surface area contributed by atoms with Crippen molar-refractivity contribution in [2.75, 3.05) is 19.8 Å². The normalized spacial score (nSPS) is 10.5. The average Bonchev–Trinajstić information content (AvgIpc) is 2.44. The number of rotatable bonds is 10. The molecule has 1 N–H and O–H groups in total. The van der Waals surface area contributed by atoms with E-state index in [2.05, 4.69) is 12.2 Å². The van der Waals surface area contributed by atoms with E-state index in [1.807, 2.05) is 24.3 Å². The highest BCUT2D eigenvalue weighted by Crippen LogP contribution is 2.11. The molecule has 0 aliphatic heterocycles. The zero-order valence-electron chi connectivity index (χ0n) is 12.2. The lowest BCUT2D eigenvalue weighted by atomic mass is 10.1. The Hall–Kier alpha value is -1.06. The molecule has 0 bridgehead atoms. The van der Waals surface area contributed by atoms with E-state index >= 15 is 0 Å². The van der Waals surface area contributed by atoms with Gasteiger partial charge < -0.3 is 10.1 Å². The zero-order valence-corrected chi connectivity index (χ0v) is 12.9. The summed E-state index contributed by atoms with van der Waals surface area (Å²) in [6, 6.07) is 7.63. The maximum absolute atomic E-state index is 11.7. The Balaban J connectivity index is 2.03. The maximum Gasteiger partial charge on any atom is 0.220 e. The van der Waals surface area contributed by atoms with E-state index in [0.717, 1.165) is 37.9 Å². The van der Waals surface area contributed by atoms with E-state index in [0.29, 0.717) is 24.6 Å². The van der Waals surface area contributed by atoms with Crippen LogP contribution in [0.25, 0.3) is 0 Å². The Morgan fingerprint density at radius 1 is 1.30 bits per heavy atom. The summed E-state index contributed by atoms with van der Waals surface area (Å²) in [5.74, 6) is 0.0820. The fraction of sp³-hybridized carbons (Fsp3) is 0.562. The minimum Gasteiger partial charge on any atom is -0.381 e. The number of aryl methyl sites for hydroxylation is 1.